The fourth-order valence-corrected chi connectivity index (χ4v) is 2.59. The maximum absolute atomic E-state index is 6.01. The van der Waals surface area contributed by atoms with Gasteiger partial charge in [-0.1, -0.05) is 23.7 Å². The maximum Gasteiger partial charge on any atom is 0.191 e. The predicted molar refractivity (Wildman–Crippen MR) is 94.5 cm³/mol. The molecule has 0 saturated heterocycles. The van der Waals surface area contributed by atoms with Crippen LogP contribution in [0.4, 0.5) is 0 Å². The second-order valence-corrected chi connectivity index (χ2v) is 6.39. The first-order chi connectivity index (χ1) is 10.6. The molecule has 1 aromatic carbocycles. The van der Waals surface area contributed by atoms with E-state index in [-0.39, 0.29) is 0 Å². The van der Waals surface area contributed by atoms with Crippen molar-refractivity contribution in [3.63, 3.8) is 0 Å². The van der Waals surface area contributed by atoms with Crippen molar-refractivity contribution in [1.82, 2.24) is 15.5 Å². The molecule has 122 valence electrons. The summed E-state index contributed by atoms with van der Waals surface area (Å²) in [5.74, 6) is 0.860. The molecule has 0 spiro atoms. The van der Waals surface area contributed by atoms with Gasteiger partial charge in [0, 0.05) is 30.2 Å². The number of hydrogen-bond acceptors (Lipinski definition) is 2. The highest BCUT2D eigenvalue weighted by atomic mass is 35.5. The number of hydrogen-bond donors (Lipinski definition) is 2. The second kappa shape index (κ2) is 8.39. The molecule has 0 aliphatic heterocycles. The van der Waals surface area contributed by atoms with E-state index in [0.717, 1.165) is 35.7 Å². The molecular weight excluding hydrogens is 296 g/mol. The van der Waals surface area contributed by atoms with Gasteiger partial charge >= 0.3 is 0 Å². The standard InChI is InChI=1S/C17H27ClN4/c1-4-19-17(20-11-13(2)22(3)16-8-9-16)21-12-14-6-5-7-15(18)10-14/h5-7,10,13,16H,4,8-9,11-12H2,1-3H3,(H2,19,20,21). The van der Waals surface area contributed by atoms with E-state index in [0.29, 0.717) is 12.6 Å². The van der Waals surface area contributed by atoms with Crippen molar-refractivity contribution in [2.75, 3.05) is 20.1 Å². The van der Waals surface area contributed by atoms with Crippen molar-refractivity contribution in [1.29, 1.82) is 0 Å². The summed E-state index contributed by atoms with van der Waals surface area (Å²) in [5.41, 5.74) is 1.12. The SMILES string of the molecule is CCNC(=NCc1cccc(Cl)c1)NCC(C)N(C)C1CC1. The van der Waals surface area contributed by atoms with Crippen molar-refractivity contribution in [2.24, 2.45) is 4.99 Å². The molecule has 1 saturated carbocycles. The number of halogens is 1. The summed E-state index contributed by atoms with van der Waals surface area (Å²) >= 11 is 6.01. The van der Waals surface area contributed by atoms with Crippen molar-refractivity contribution in [3.8, 4) is 0 Å². The number of guanidine groups is 1. The third kappa shape index (κ3) is 5.50. The minimum Gasteiger partial charge on any atom is -0.357 e. The minimum absolute atomic E-state index is 0.502. The molecule has 5 heteroatoms. The first-order valence-corrected chi connectivity index (χ1v) is 8.46. The molecule has 0 heterocycles. The van der Waals surface area contributed by atoms with Crippen LogP contribution in [0.2, 0.25) is 5.02 Å². The van der Waals surface area contributed by atoms with Gasteiger partial charge in [0.05, 0.1) is 6.54 Å². The fourth-order valence-electron chi connectivity index (χ4n) is 2.38. The molecule has 1 aliphatic rings. The van der Waals surface area contributed by atoms with Crippen LogP contribution in [0.3, 0.4) is 0 Å². The van der Waals surface area contributed by atoms with E-state index < -0.39 is 0 Å². The Balaban J connectivity index is 1.86. The zero-order valence-electron chi connectivity index (χ0n) is 13.8. The van der Waals surface area contributed by atoms with E-state index in [2.05, 4.69) is 41.4 Å². The Bertz CT molecular complexity index is 499. The highest BCUT2D eigenvalue weighted by Gasteiger charge is 2.28. The maximum atomic E-state index is 6.01. The zero-order chi connectivity index (χ0) is 15.9. The van der Waals surface area contributed by atoms with Gasteiger partial charge in [-0.15, -0.1) is 0 Å². The van der Waals surface area contributed by atoms with Crippen LogP contribution in [0.25, 0.3) is 0 Å². The molecule has 2 N–H and O–H groups in total. The fraction of sp³-hybridized carbons (Fsp3) is 0.588. The van der Waals surface area contributed by atoms with Crippen LogP contribution in [0.5, 0.6) is 0 Å². The van der Waals surface area contributed by atoms with Crippen molar-refractivity contribution >= 4 is 17.6 Å². The number of rotatable bonds is 7. The minimum atomic E-state index is 0.502. The normalized spacial score (nSPS) is 16.7. The van der Waals surface area contributed by atoms with Crippen molar-refractivity contribution in [3.05, 3.63) is 34.9 Å². The van der Waals surface area contributed by atoms with Crippen LogP contribution in [0.15, 0.2) is 29.3 Å². The molecule has 1 fully saturated rings. The Morgan fingerprint density at radius 2 is 2.18 bits per heavy atom. The number of nitrogens with zero attached hydrogens (tertiary/aromatic N) is 2. The Kier molecular flexibility index (Phi) is 6.52. The van der Waals surface area contributed by atoms with Gasteiger partial charge in [-0.2, -0.15) is 0 Å². The number of benzene rings is 1. The van der Waals surface area contributed by atoms with Crippen LogP contribution < -0.4 is 10.6 Å². The average Bonchev–Trinajstić information content (AvgIpc) is 3.34. The van der Waals surface area contributed by atoms with E-state index in [1.165, 1.54) is 12.8 Å². The van der Waals surface area contributed by atoms with E-state index in [1.807, 2.05) is 24.3 Å². The van der Waals surface area contributed by atoms with E-state index >= 15 is 0 Å². The Morgan fingerprint density at radius 1 is 1.41 bits per heavy atom. The van der Waals surface area contributed by atoms with Crippen LogP contribution in [-0.4, -0.2) is 43.1 Å². The summed E-state index contributed by atoms with van der Waals surface area (Å²) in [5, 5.41) is 7.48. The smallest absolute Gasteiger partial charge is 0.191 e. The van der Waals surface area contributed by atoms with Gasteiger partial charge in [0.2, 0.25) is 0 Å². The molecule has 0 radical (unpaired) electrons. The van der Waals surface area contributed by atoms with Crippen molar-refractivity contribution in [2.45, 2.75) is 45.3 Å². The van der Waals surface area contributed by atoms with Crippen molar-refractivity contribution < 1.29 is 0 Å². The summed E-state index contributed by atoms with van der Waals surface area (Å²) in [6.45, 7) is 6.72. The largest absolute Gasteiger partial charge is 0.357 e. The monoisotopic (exact) mass is 322 g/mol. The highest BCUT2D eigenvalue weighted by Crippen LogP contribution is 2.26. The molecule has 4 nitrogen and oxygen atoms in total. The molecule has 2 rings (SSSR count). The van der Waals surface area contributed by atoms with Crippen LogP contribution in [0, 0.1) is 0 Å². The number of nitrogens with one attached hydrogen (secondary N) is 2. The van der Waals surface area contributed by atoms with Gasteiger partial charge in [0.15, 0.2) is 5.96 Å². The lowest BCUT2D eigenvalue weighted by Crippen LogP contribution is -2.45. The van der Waals surface area contributed by atoms with Gasteiger partial charge in [0.25, 0.3) is 0 Å². The zero-order valence-corrected chi connectivity index (χ0v) is 14.5. The van der Waals surface area contributed by atoms with Gasteiger partial charge in [-0.25, -0.2) is 4.99 Å². The topological polar surface area (TPSA) is 39.7 Å². The van der Waals surface area contributed by atoms with E-state index in [4.69, 9.17) is 11.6 Å². The van der Waals surface area contributed by atoms with E-state index in [1.54, 1.807) is 0 Å². The quantitative estimate of drug-likeness (QED) is 0.599. The van der Waals surface area contributed by atoms with Gasteiger partial charge in [0.1, 0.15) is 0 Å². The molecule has 0 bridgehead atoms. The molecule has 1 atom stereocenters. The lowest BCUT2D eigenvalue weighted by molar-refractivity contribution is 0.247. The first-order valence-electron chi connectivity index (χ1n) is 8.08. The van der Waals surface area contributed by atoms with E-state index in [9.17, 15) is 0 Å². The summed E-state index contributed by atoms with van der Waals surface area (Å²) in [4.78, 5) is 7.09. The summed E-state index contributed by atoms with van der Waals surface area (Å²) in [6, 6.07) is 9.12. The Hall–Kier alpha value is -1.26. The van der Waals surface area contributed by atoms with Gasteiger partial charge < -0.3 is 10.6 Å². The molecule has 22 heavy (non-hydrogen) atoms. The average molecular weight is 323 g/mol. The Labute approximate surface area is 138 Å². The third-order valence-electron chi connectivity index (χ3n) is 4.04. The number of aliphatic imine (C=N–C) groups is 1. The number of likely N-dealkylation sites (N-methyl/N-ethyl adjacent to an activating group) is 1. The lowest BCUT2D eigenvalue weighted by atomic mass is 10.2. The van der Waals surface area contributed by atoms with Crippen LogP contribution >= 0.6 is 11.6 Å². The molecule has 1 unspecified atom stereocenters. The summed E-state index contributed by atoms with van der Waals surface area (Å²) in [6.07, 6.45) is 2.67. The molecule has 0 amide bonds. The molecule has 1 aliphatic carbocycles. The molecular formula is C17H27ClN4. The predicted octanol–water partition coefficient (Wildman–Crippen LogP) is 2.88. The summed E-state index contributed by atoms with van der Waals surface area (Å²) < 4.78 is 0. The van der Waals surface area contributed by atoms with Gasteiger partial charge in [-0.05, 0) is 51.4 Å². The molecule has 0 aromatic heterocycles. The van der Waals surface area contributed by atoms with Crippen LogP contribution in [0.1, 0.15) is 32.3 Å². The second-order valence-electron chi connectivity index (χ2n) is 5.95. The summed E-state index contributed by atoms with van der Waals surface area (Å²) in [7, 11) is 2.21. The Morgan fingerprint density at radius 3 is 2.82 bits per heavy atom. The van der Waals surface area contributed by atoms with Gasteiger partial charge in [-0.3, -0.25) is 4.90 Å². The highest BCUT2D eigenvalue weighted by molar-refractivity contribution is 6.30. The van der Waals surface area contributed by atoms with Crippen LogP contribution in [-0.2, 0) is 6.54 Å². The lowest BCUT2D eigenvalue weighted by Gasteiger charge is -2.25. The molecule has 1 aromatic rings. The first kappa shape index (κ1) is 17.1. The third-order valence-corrected chi connectivity index (χ3v) is 4.27.